The molecule has 3 N–H and O–H groups in total. The van der Waals surface area contributed by atoms with Gasteiger partial charge in [0.05, 0.1) is 48.9 Å². The van der Waals surface area contributed by atoms with Gasteiger partial charge in [-0.05, 0) is 42.5 Å². The molecule has 5 aromatic rings. The number of likely N-dealkylation sites (tertiary alicyclic amines) is 1. The summed E-state index contributed by atoms with van der Waals surface area (Å²) in [5.41, 5.74) is 1.99. The molecule has 0 spiro atoms. The summed E-state index contributed by atoms with van der Waals surface area (Å²) in [5.74, 6) is 1.69. The van der Waals surface area contributed by atoms with E-state index >= 15 is 0 Å². The van der Waals surface area contributed by atoms with Crippen molar-refractivity contribution in [2.75, 3.05) is 42.7 Å². The molecule has 1 aliphatic rings. The van der Waals surface area contributed by atoms with E-state index in [2.05, 4.69) is 30.2 Å². The Hall–Kier alpha value is -5.14. The summed E-state index contributed by atoms with van der Waals surface area (Å²) in [6.45, 7) is 1.80. The number of anilines is 4. The Morgan fingerprint density at radius 1 is 0.886 bits per heavy atom. The van der Waals surface area contributed by atoms with Crippen molar-refractivity contribution in [3.8, 4) is 11.5 Å². The molecule has 0 radical (unpaired) electrons. The predicted molar refractivity (Wildman–Crippen MR) is 166 cm³/mol. The summed E-state index contributed by atoms with van der Waals surface area (Å²) in [5, 5.41) is 5.98. The summed E-state index contributed by atoms with van der Waals surface area (Å²) < 4.78 is 45.9. The Labute approximate surface area is 254 Å². The van der Waals surface area contributed by atoms with Crippen LogP contribution in [0.4, 0.5) is 23.0 Å². The molecule has 0 saturated carbocycles. The van der Waals surface area contributed by atoms with Crippen LogP contribution in [0.1, 0.15) is 5.76 Å². The fraction of sp³-hybridized carbons (Fsp3) is 0.194. The first kappa shape index (κ1) is 29.0. The molecule has 0 unspecified atom stereocenters. The molecule has 226 valence electrons. The summed E-state index contributed by atoms with van der Waals surface area (Å²) in [4.78, 5) is 24.1. The average Bonchev–Trinajstić information content (AvgIpc) is 3.52. The van der Waals surface area contributed by atoms with Gasteiger partial charge < -0.3 is 24.5 Å². The normalized spacial score (nSPS) is 13.7. The molecule has 3 heterocycles. The molecule has 44 heavy (non-hydrogen) atoms. The summed E-state index contributed by atoms with van der Waals surface area (Å²) in [7, 11) is -1.07. The third-order valence-corrected chi connectivity index (χ3v) is 8.45. The van der Waals surface area contributed by atoms with Gasteiger partial charge in [0, 0.05) is 42.7 Å². The number of methoxy groups -OCH3 is 2. The first-order chi connectivity index (χ1) is 21.3. The van der Waals surface area contributed by atoms with Crippen molar-refractivity contribution < 1.29 is 27.1 Å². The Morgan fingerprint density at radius 2 is 1.59 bits per heavy atom. The highest BCUT2D eigenvalue weighted by atomic mass is 32.2. The monoisotopic (exact) mass is 614 g/mol. The fourth-order valence-electron chi connectivity index (χ4n) is 4.83. The highest BCUT2D eigenvalue weighted by Gasteiger charge is 2.33. The maximum Gasteiger partial charge on any atom is 0.263 e. The van der Waals surface area contributed by atoms with E-state index in [1.165, 1.54) is 26.4 Å². The minimum absolute atomic E-state index is 0.00829. The number of rotatable bonds is 11. The number of ether oxygens (including phenoxy) is 2. The summed E-state index contributed by atoms with van der Waals surface area (Å²) in [6.07, 6.45) is 1.62. The van der Waals surface area contributed by atoms with Gasteiger partial charge in [-0.3, -0.25) is 14.4 Å². The van der Waals surface area contributed by atoms with Crippen molar-refractivity contribution in [2.45, 2.75) is 11.4 Å². The van der Waals surface area contributed by atoms with E-state index in [9.17, 15) is 13.2 Å². The zero-order chi connectivity index (χ0) is 30.7. The topological polar surface area (TPSA) is 148 Å². The van der Waals surface area contributed by atoms with Crippen molar-refractivity contribution in [1.82, 2.24) is 14.9 Å². The van der Waals surface area contributed by atoms with E-state index in [1.54, 1.807) is 54.8 Å². The lowest BCUT2D eigenvalue weighted by molar-refractivity contribution is -0.125. The van der Waals surface area contributed by atoms with Gasteiger partial charge in [-0.2, -0.15) is 0 Å². The molecule has 1 fully saturated rings. The van der Waals surface area contributed by atoms with Gasteiger partial charge in [-0.25, -0.2) is 18.4 Å². The van der Waals surface area contributed by atoms with Crippen LogP contribution in [0.15, 0.2) is 94.4 Å². The number of nitrogens with zero attached hydrogens (tertiary/aromatic N) is 3. The summed E-state index contributed by atoms with van der Waals surface area (Å²) >= 11 is 0. The van der Waals surface area contributed by atoms with Crippen molar-refractivity contribution in [1.29, 1.82) is 0 Å². The van der Waals surface area contributed by atoms with Gasteiger partial charge >= 0.3 is 0 Å². The van der Waals surface area contributed by atoms with E-state index < -0.39 is 10.0 Å². The molecule has 0 bridgehead atoms. The zero-order valence-electron chi connectivity index (χ0n) is 24.0. The Bertz CT molecular complexity index is 1890. The van der Waals surface area contributed by atoms with Crippen LogP contribution < -0.4 is 24.8 Å². The number of carbonyl (C=O) groups excluding carboxylic acids is 1. The molecule has 2 aromatic heterocycles. The second-order valence-electron chi connectivity index (χ2n) is 10.2. The van der Waals surface area contributed by atoms with Crippen molar-refractivity contribution in [2.24, 2.45) is 5.92 Å². The lowest BCUT2D eigenvalue weighted by atomic mass is 9.99. The molecule has 12 nitrogen and oxygen atoms in total. The first-order valence-corrected chi connectivity index (χ1v) is 15.2. The highest BCUT2D eigenvalue weighted by molar-refractivity contribution is 7.92. The number of hydrogen-bond acceptors (Lipinski definition) is 10. The number of amides is 1. The van der Waals surface area contributed by atoms with Gasteiger partial charge in [-0.1, -0.05) is 18.2 Å². The van der Waals surface area contributed by atoms with Gasteiger partial charge in [-0.15, -0.1) is 0 Å². The number of hydrogen-bond donors (Lipinski definition) is 3. The SMILES string of the molecule is COc1cc(Nc2nc3ccccc3nc2NS(=O)(=O)c2cccc(NC(=O)C3CN(Cc4ccco4)C3)c2)cc(OC)c1. The van der Waals surface area contributed by atoms with Gasteiger partial charge in [0.25, 0.3) is 10.0 Å². The maximum atomic E-state index is 13.6. The van der Waals surface area contributed by atoms with Gasteiger partial charge in [0.15, 0.2) is 11.6 Å². The van der Waals surface area contributed by atoms with Crippen LogP contribution in [0.5, 0.6) is 11.5 Å². The van der Waals surface area contributed by atoms with Crippen molar-refractivity contribution >= 4 is 50.0 Å². The first-order valence-electron chi connectivity index (χ1n) is 13.7. The van der Waals surface area contributed by atoms with E-state index in [0.717, 1.165) is 5.76 Å². The molecule has 6 rings (SSSR count). The van der Waals surface area contributed by atoms with Crippen LogP contribution in [0.3, 0.4) is 0 Å². The number of sulfonamides is 1. The van der Waals surface area contributed by atoms with Crippen LogP contribution in [0, 0.1) is 5.92 Å². The number of benzene rings is 3. The number of carbonyl (C=O) groups is 1. The van der Waals surface area contributed by atoms with E-state index in [0.29, 0.717) is 53.5 Å². The van der Waals surface area contributed by atoms with Crippen LogP contribution >= 0.6 is 0 Å². The van der Waals surface area contributed by atoms with E-state index in [1.807, 2.05) is 18.2 Å². The minimum Gasteiger partial charge on any atom is -0.497 e. The molecule has 0 atom stereocenters. The van der Waals surface area contributed by atoms with Gasteiger partial charge in [0.1, 0.15) is 17.3 Å². The van der Waals surface area contributed by atoms with E-state index in [-0.39, 0.29) is 28.4 Å². The number of para-hydroxylation sites is 2. The Morgan fingerprint density at radius 3 is 2.25 bits per heavy atom. The number of aromatic nitrogens is 2. The van der Waals surface area contributed by atoms with Crippen LogP contribution in [0.2, 0.25) is 0 Å². The highest BCUT2D eigenvalue weighted by Crippen LogP contribution is 2.32. The largest absolute Gasteiger partial charge is 0.497 e. The fourth-order valence-corrected chi connectivity index (χ4v) is 5.89. The van der Waals surface area contributed by atoms with E-state index in [4.69, 9.17) is 13.9 Å². The molecular formula is C31H30N6O6S. The van der Waals surface area contributed by atoms with Crippen LogP contribution in [-0.2, 0) is 21.4 Å². The molecule has 1 aliphatic heterocycles. The van der Waals surface area contributed by atoms with Crippen molar-refractivity contribution in [3.05, 3.63) is 90.9 Å². The predicted octanol–water partition coefficient (Wildman–Crippen LogP) is 4.85. The maximum absolute atomic E-state index is 13.6. The Balaban J connectivity index is 1.21. The molecular weight excluding hydrogens is 584 g/mol. The van der Waals surface area contributed by atoms with Crippen LogP contribution in [-0.4, -0.2) is 56.5 Å². The molecule has 13 heteroatoms. The summed E-state index contributed by atoms with van der Waals surface area (Å²) in [6, 6.07) is 22.1. The lowest BCUT2D eigenvalue weighted by Gasteiger charge is -2.37. The van der Waals surface area contributed by atoms with Gasteiger partial charge in [0.2, 0.25) is 5.91 Å². The lowest BCUT2D eigenvalue weighted by Crippen LogP contribution is -2.51. The smallest absolute Gasteiger partial charge is 0.263 e. The van der Waals surface area contributed by atoms with Crippen molar-refractivity contribution in [3.63, 3.8) is 0 Å². The average molecular weight is 615 g/mol. The number of furan rings is 1. The quantitative estimate of drug-likeness (QED) is 0.188. The third-order valence-electron chi connectivity index (χ3n) is 7.12. The molecule has 1 amide bonds. The number of nitrogens with one attached hydrogen (secondary N) is 3. The Kier molecular flexibility index (Phi) is 8.05. The molecule has 3 aromatic carbocycles. The number of fused-ring (bicyclic) bond motifs is 1. The second-order valence-corrected chi connectivity index (χ2v) is 11.9. The minimum atomic E-state index is -4.14. The third kappa shape index (κ3) is 6.43. The standard InChI is InChI=1S/C31H30N6O6S/c1-41-24-13-22(14-25(16-24)42-2)32-29-30(35-28-11-4-3-10-27(28)34-29)36-44(39,40)26-9-5-7-21(15-26)33-31(38)20-17-37(18-20)19-23-8-6-12-43-23/h3-16,20H,17-19H2,1-2H3,(H,32,34)(H,33,38)(H,35,36). The van der Waals surface area contributed by atoms with Crippen LogP contribution in [0.25, 0.3) is 11.0 Å². The zero-order valence-corrected chi connectivity index (χ0v) is 24.8. The molecule has 1 saturated heterocycles. The second kappa shape index (κ2) is 12.2. The molecule has 0 aliphatic carbocycles.